The summed E-state index contributed by atoms with van der Waals surface area (Å²) in [6.07, 6.45) is 0.454. The predicted octanol–water partition coefficient (Wildman–Crippen LogP) is 3.12. The van der Waals surface area contributed by atoms with Gasteiger partial charge in [-0.1, -0.05) is 18.2 Å². The van der Waals surface area contributed by atoms with E-state index in [4.69, 9.17) is 14.2 Å². The van der Waals surface area contributed by atoms with Gasteiger partial charge in [0.2, 0.25) is 11.7 Å². The minimum Gasteiger partial charge on any atom is -0.508 e. The van der Waals surface area contributed by atoms with Crippen molar-refractivity contribution < 1.29 is 24.1 Å². The molecule has 7 nitrogen and oxygen atoms in total. The van der Waals surface area contributed by atoms with Crippen LogP contribution in [-0.4, -0.2) is 43.1 Å². The number of methoxy groups -OCH3 is 3. The van der Waals surface area contributed by atoms with E-state index < -0.39 is 0 Å². The Morgan fingerprint density at radius 3 is 2.26 bits per heavy atom. The molecule has 2 aromatic rings. The fraction of sp³-hybridized carbons (Fsp3) is 0.300. The molecule has 1 atom stereocenters. The summed E-state index contributed by atoms with van der Waals surface area (Å²) in [5.41, 5.74) is 2.10. The van der Waals surface area contributed by atoms with Gasteiger partial charge in [0, 0.05) is 24.5 Å². The molecule has 0 radical (unpaired) electrons. The number of aromatic hydroxyl groups is 1. The largest absolute Gasteiger partial charge is 0.508 e. The number of benzene rings is 2. The van der Waals surface area contributed by atoms with Crippen LogP contribution in [0.2, 0.25) is 0 Å². The first kappa shape index (κ1) is 18.6. The van der Waals surface area contributed by atoms with Crippen molar-refractivity contribution >= 4 is 11.6 Å². The summed E-state index contributed by atoms with van der Waals surface area (Å²) in [6, 6.07) is 10.2. The summed E-state index contributed by atoms with van der Waals surface area (Å²) >= 11 is 0. The fourth-order valence-corrected chi connectivity index (χ4v) is 3.23. The van der Waals surface area contributed by atoms with Crippen LogP contribution in [0, 0.1) is 0 Å². The zero-order chi connectivity index (χ0) is 19.6. The number of phenols is 1. The maximum absolute atomic E-state index is 12.1. The average molecular weight is 370 g/mol. The molecule has 142 valence electrons. The van der Waals surface area contributed by atoms with E-state index >= 15 is 0 Å². The highest BCUT2D eigenvalue weighted by atomic mass is 16.5. The molecule has 1 amide bonds. The number of hydrogen-bond acceptors (Lipinski definition) is 6. The Morgan fingerprint density at radius 1 is 1.11 bits per heavy atom. The van der Waals surface area contributed by atoms with Gasteiger partial charge in [-0.3, -0.25) is 4.79 Å². The lowest BCUT2D eigenvalue weighted by molar-refractivity contribution is -0.130. The standard InChI is InChI=1S/C20H22N2O5/c1-12(23)22-16(14-7-5-6-8-17(14)24)11-15(21-22)13-9-18(25-2)20(27-4)19(10-13)26-3/h5-10,16,24H,11H2,1-4H3. The van der Waals surface area contributed by atoms with Crippen LogP contribution in [-0.2, 0) is 4.79 Å². The van der Waals surface area contributed by atoms with Crippen molar-refractivity contribution in [3.63, 3.8) is 0 Å². The molecule has 0 spiro atoms. The van der Waals surface area contributed by atoms with Gasteiger partial charge in [0.15, 0.2) is 11.5 Å². The molecular weight excluding hydrogens is 348 g/mol. The number of hydrogen-bond donors (Lipinski definition) is 1. The van der Waals surface area contributed by atoms with Gasteiger partial charge in [-0.25, -0.2) is 5.01 Å². The lowest BCUT2D eigenvalue weighted by Gasteiger charge is -2.21. The zero-order valence-corrected chi connectivity index (χ0v) is 15.7. The van der Waals surface area contributed by atoms with Crippen LogP contribution in [0.15, 0.2) is 41.5 Å². The minimum absolute atomic E-state index is 0.134. The van der Waals surface area contributed by atoms with Gasteiger partial charge in [0.05, 0.1) is 33.1 Å². The summed E-state index contributed by atoms with van der Waals surface area (Å²) in [4.78, 5) is 12.1. The zero-order valence-electron chi connectivity index (χ0n) is 15.7. The molecule has 0 saturated carbocycles. The maximum atomic E-state index is 12.1. The third-order valence-electron chi connectivity index (χ3n) is 4.53. The first-order valence-corrected chi connectivity index (χ1v) is 8.45. The van der Waals surface area contributed by atoms with Crippen LogP contribution < -0.4 is 14.2 Å². The Hall–Kier alpha value is -3.22. The van der Waals surface area contributed by atoms with E-state index in [0.29, 0.717) is 34.9 Å². The van der Waals surface area contributed by atoms with Crippen molar-refractivity contribution in [1.82, 2.24) is 5.01 Å². The van der Waals surface area contributed by atoms with Crippen molar-refractivity contribution in [2.75, 3.05) is 21.3 Å². The number of carbonyl (C=O) groups excluding carboxylic acids is 1. The Morgan fingerprint density at radius 2 is 1.74 bits per heavy atom. The first-order chi connectivity index (χ1) is 13.0. The molecule has 27 heavy (non-hydrogen) atoms. The molecule has 0 aliphatic carbocycles. The molecule has 1 unspecified atom stereocenters. The Bertz CT molecular complexity index is 869. The molecule has 0 saturated heterocycles. The first-order valence-electron chi connectivity index (χ1n) is 8.45. The van der Waals surface area contributed by atoms with Crippen molar-refractivity contribution in [1.29, 1.82) is 0 Å². The number of para-hydroxylation sites is 1. The summed E-state index contributed by atoms with van der Waals surface area (Å²) in [7, 11) is 4.63. The van der Waals surface area contributed by atoms with E-state index in [0.717, 1.165) is 5.56 Å². The van der Waals surface area contributed by atoms with Gasteiger partial charge in [-0.05, 0) is 18.2 Å². The number of ether oxygens (including phenoxy) is 3. The van der Waals surface area contributed by atoms with Crippen LogP contribution in [0.4, 0.5) is 0 Å². The summed E-state index contributed by atoms with van der Waals surface area (Å²) in [5, 5.41) is 16.1. The van der Waals surface area contributed by atoms with Gasteiger partial charge in [-0.15, -0.1) is 0 Å². The van der Waals surface area contributed by atoms with Gasteiger partial charge < -0.3 is 19.3 Å². The predicted molar refractivity (Wildman–Crippen MR) is 101 cm³/mol. The Kier molecular flexibility index (Phi) is 5.21. The van der Waals surface area contributed by atoms with Crippen molar-refractivity contribution in [2.24, 2.45) is 5.10 Å². The van der Waals surface area contributed by atoms with Crippen LogP contribution >= 0.6 is 0 Å². The van der Waals surface area contributed by atoms with Gasteiger partial charge in [0.25, 0.3) is 0 Å². The lowest BCUT2D eigenvalue weighted by Crippen LogP contribution is -2.24. The molecule has 1 N–H and O–H groups in total. The molecule has 3 rings (SSSR count). The van der Waals surface area contributed by atoms with Crippen molar-refractivity contribution in [2.45, 2.75) is 19.4 Å². The second kappa shape index (κ2) is 7.57. The number of rotatable bonds is 5. The molecule has 1 aliphatic heterocycles. The molecule has 7 heteroatoms. The summed E-state index contributed by atoms with van der Waals surface area (Å²) in [5.74, 6) is 1.44. The third kappa shape index (κ3) is 3.40. The molecule has 1 aliphatic rings. The molecule has 0 fully saturated rings. The Labute approximate surface area is 157 Å². The van der Waals surface area contributed by atoms with Gasteiger partial charge >= 0.3 is 0 Å². The number of phenolic OH excluding ortho intramolecular Hbond substituents is 1. The minimum atomic E-state index is -0.377. The van der Waals surface area contributed by atoms with Crippen molar-refractivity contribution in [3.05, 3.63) is 47.5 Å². The molecule has 1 heterocycles. The summed E-state index contributed by atoms with van der Waals surface area (Å²) < 4.78 is 16.2. The number of carbonyl (C=O) groups is 1. The van der Waals surface area contributed by atoms with E-state index in [-0.39, 0.29) is 17.7 Å². The second-order valence-corrected chi connectivity index (χ2v) is 6.10. The van der Waals surface area contributed by atoms with E-state index in [9.17, 15) is 9.90 Å². The van der Waals surface area contributed by atoms with E-state index in [1.165, 1.54) is 11.9 Å². The quantitative estimate of drug-likeness (QED) is 0.875. The maximum Gasteiger partial charge on any atom is 0.240 e. The normalized spacial score (nSPS) is 16.1. The van der Waals surface area contributed by atoms with Gasteiger partial charge in [0.1, 0.15) is 5.75 Å². The molecule has 0 bridgehead atoms. The molecule has 2 aromatic carbocycles. The van der Waals surface area contributed by atoms with Crippen LogP contribution in [0.25, 0.3) is 0 Å². The average Bonchev–Trinajstić information content (AvgIpc) is 3.12. The molecular formula is C20H22N2O5. The number of amides is 1. The lowest BCUT2D eigenvalue weighted by atomic mass is 9.97. The van der Waals surface area contributed by atoms with Crippen LogP contribution in [0.5, 0.6) is 23.0 Å². The van der Waals surface area contributed by atoms with Crippen LogP contribution in [0.3, 0.4) is 0 Å². The van der Waals surface area contributed by atoms with E-state index in [2.05, 4.69) is 5.10 Å². The second-order valence-electron chi connectivity index (χ2n) is 6.10. The van der Waals surface area contributed by atoms with E-state index in [1.807, 2.05) is 6.07 Å². The SMILES string of the molecule is COc1cc(C2=NN(C(C)=O)C(c3ccccc3O)C2)cc(OC)c1OC. The van der Waals surface area contributed by atoms with Crippen molar-refractivity contribution in [3.8, 4) is 23.0 Å². The number of hydrazone groups is 1. The summed E-state index contributed by atoms with van der Waals surface area (Å²) in [6.45, 7) is 1.45. The fourth-order valence-electron chi connectivity index (χ4n) is 3.23. The highest BCUT2D eigenvalue weighted by Crippen LogP contribution is 2.41. The highest BCUT2D eigenvalue weighted by molar-refractivity contribution is 6.04. The monoisotopic (exact) mass is 370 g/mol. The smallest absolute Gasteiger partial charge is 0.240 e. The number of nitrogens with zero attached hydrogens (tertiary/aromatic N) is 2. The third-order valence-corrected chi connectivity index (χ3v) is 4.53. The van der Waals surface area contributed by atoms with Crippen LogP contribution in [0.1, 0.15) is 30.5 Å². The topological polar surface area (TPSA) is 80.6 Å². The highest BCUT2D eigenvalue weighted by Gasteiger charge is 2.33. The molecule has 0 aromatic heterocycles. The Balaban J connectivity index is 2.04. The van der Waals surface area contributed by atoms with E-state index in [1.54, 1.807) is 51.7 Å². The van der Waals surface area contributed by atoms with Gasteiger partial charge in [-0.2, -0.15) is 5.10 Å².